The van der Waals surface area contributed by atoms with Gasteiger partial charge in [0.2, 0.25) is 15.9 Å². The number of rotatable bonds is 7. The monoisotopic (exact) mass is 261 g/mol. The molecule has 6 nitrogen and oxygen atoms in total. The number of hydrogen-bond donors (Lipinski definition) is 2. The van der Waals surface area contributed by atoms with Crippen molar-refractivity contribution >= 4 is 10.0 Å². The molecule has 0 aliphatic heterocycles. The SMILES string of the molecule is Cc1cnc(CNS(=O)(=O)CCNC(C)C)o1. The fraction of sp³-hybridized carbons (Fsp3) is 0.700. The average molecular weight is 261 g/mol. The first kappa shape index (κ1) is 14.1. The lowest BCUT2D eigenvalue weighted by molar-refractivity contribution is 0.463. The van der Waals surface area contributed by atoms with E-state index in [1.807, 2.05) is 13.8 Å². The van der Waals surface area contributed by atoms with Gasteiger partial charge in [0.15, 0.2) is 0 Å². The highest BCUT2D eigenvalue weighted by molar-refractivity contribution is 7.89. The van der Waals surface area contributed by atoms with E-state index in [9.17, 15) is 8.42 Å². The van der Waals surface area contributed by atoms with Gasteiger partial charge in [-0.3, -0.25) is 0 Å². The number of nitrogens with one attached hydrogen (secondary N) is 2. The van der Waals surface area contributed by atoms with E-state index in [1.54, 1.807) is 13.1 Å². The summed E-state index contributed by atoms with van der Waals surface area (Å²) in [5.41, 5.74) is 0. The third kappa shape index (κ3) is 5.81. The second kappa shape index (κ2) is 6.13. The van der Waals surface area contributed by atoms with E-state index >= 15 is 0 Å². The van der Waals surface area contributed by atoms with Crippen molar-refractivity contribution in [3.05, 3.63) is 17.8 Å². The maximum Gasteiger partial charge on any atom is 0.213 e. The Balaban J connectivity index is 2.34. The first-order valence-corrected chi connectivity index (χ1v) is 7.16. The smallest absolute Gasteiger partial charge is 0.213 e. The molecule has 0 fully saturated rings. The van der Waals surface area contributed by atoms with Gasteiger partial charge in [-0.25, -0.2) is 18.1 Å². The molecule has 0 saturated carbocycles. The van der Waals surface area contributed by atoms with Gasteiger partial charge in [0.05, 0.1) is 18.5 Å². The Kier molecular flexibility index (Phi) is 5.10. The Morgan fingerprint density at radius 3 is 2.71 bits per heavy atom. The average Bonchev–Trinajstić information content (AvgIpc) is 2.61. The lowest BCUT2D eigenvalue weighted by Gasteiger charge is -2.08. The summed E-state index contributed by atoms with van der Waals surface area (Å²) in [7, 11) is -3.28. The predicted molar refractivity (Wildman–Crippen MR) is 65.0 cm³/mol. The summed E-state index contributed by atoms with van der Waals surface area (Å²) in [6.45, 7) is 6.22. The van der Waals surface area contributed by atoms with Gasteiger partial charge >= 0.3 is 0 Å². The second-order valence-electron chi connectivity index (χ2n) is 4.11. The van der Waals surface area contributed by atoms with Gasteiger partial charge in [-0.15, -0.1) is 0 Å². The van der Waals surface area contributed by atoms with Gasteiger partial charge in [0.25, 0.3) is 0 Å². The van der Waals surface area contributed by atoms with Crippen molar-refractivity contribution < 1.29 is 12.8 Å². The van der Waals surface area contributed by atoms with Crippen LogP contribution in [-0.4, -0.2) is 31.7 Å². The molecule has 0 spiro atoms. The Bertz CT molecular complexity index is 439. The maximum atomic E-state index is 11.6. The lowest BCUT2D eigenvalue weighted by Crippen LogP contribution is -2.34. The van der Waals surface area contributed by atoms with E-state index in [1.165, 1.54) is 0 Å². The molecular weight excluding hydrogens is 242 g/mol. The Morgan fingerprint density at radius 1 is 1.47 bits per heavy atom. The standard InChI is InChI=1S/C10H19N3O3S/c1-8(2)11-4-5-17(14,15)13-7-10-12-6-9(3)16-10/h6,8,11,13H,4-5,7H2,1-3H3. The van der Waals surface area contributed by atoms with E-state index < -0.39 is 10.0 Å². The van der Waals surface area contributed by atoms with Gasteiger partial charge < -0.3 is 9.73 Å². The topological polar surface area (TPSA) is 84.2 Å². The summed E-state index contributed by atoms with van der Waals surface area (Å²) in [4.78, 5) is 3.92. The van der Waals surface area contributed by atoms with Gasteiger partial charge in [0.1, 0.15) is 5.76 Å². The first-order valence-electron chi connectivity index (χ1n) is 5.51. The van der Waals surface area contributed by atoms with E-state index in [4.69, 9.17) is 4.42 Å². The highest BCUT2D eigenvalue weighted by Gasteiger charge is 2.11. The summed E-state index contributed by atoms with van der Waals surface area (Å²) < 4.78 is 30.7. The van der Waals surface area contributed by atoms with E-state index in [0.717, 1.165) is 0 Å². The molecule has 0 radical (unpaired) electrons. The fourth-order valence-electron chi connectivity index (χ4n) is 1.21. The van der Waals surface area contributed by atoms with Crippen LogP contribution >= 0.6 is 0 Å². The van der Waals surface area contributed by atoms with E-state index in [2.05, 4.69) is 15.0 Å². The van der Waals surface area contributed by atoms with Crippen LogP contribution in [0.5, 0.6) is 0 Å². The minimum atomic E-state index is -3.28. The van der Waals surface area contributed by atoms with Crippen molar-refractivity contribution in [2.75, 3.05) is 12.3 Å². The highest BCUT2D eigenvalue weighted by Crippen LogP contribution is 2.01. The highest BCUT2D eigenvalue weighted by atomic mass is 32.2. The maximum absolute atomic E-state index is 11.6. The van der Waals surface area contributed by atoms with Crippen molar-refractivity contribution in [3.8, 4) is 0 Å². The number of oxazole rings is 1. The lowest BCUT2D eigenvalue weighted by atomic mass is 10.4. The van der Waals surface area contributed by atoms with Crippen LogP contribution in [0.25, 0.3) is 0 Å². The zero-order valence-corrected chi connectivity index (χ0v) is 11.2. The quantitative estimate of drug-likeness (QED) is 0.742. The van der Waals surface area contributed by atoms with Crippen LogP contribution < -0.4 is 10.0 Å². The normalized spacial score (nSPS) is 12.2. The zero-order valence-electron chi connectivity index (χ0n) is 10.4. The molecule has 2 N–H and O–H groups in total. The molecule has 17 heavy (non-hydrogen) atoms. The van der Waals surface area contributed by atoms with Crippen LogP contribution in [0.1, 0.15) is 25.5 Å². The van der Waals surface area contributed by atoms with Gasteiger partial charge in [0, 0.05) is 12.6 Å². The molecule has 0 aromatic carbocycles. The van der Waals surface area contributed by atoms with Gasteiger partial charge in [-0.1, -0.05) is 13.8 Å². The van der Waals surface area contributed by atoms with Crippen molar-refractivity contribution in [2.45, 2.75) is 33.4 Å². The molecule has 0 amide bonds. The molecule has 0 atom stereocenters. The summed E-state index contributed by atoms with van der Waals surface area (Å²) in [6.07, 6.45) is 1.56. The summed E-state index contributed by atoms with van der Waals surface area (Å²) >= 11 is 0. The van der Waals surface area contributed by atoms with E-state index in [-0.39, 0.29) is 18.3 Å². The number of aromatic nitrogens is 1. The van der Waals surface area contributed by atoms with Crippen LogP contribution in [0.3, 0.4) is 0 Å². The molecule has 98 valence electrons. The molecule has 0 aliphatic rings. The minimum Gasteiger partial charge on any atom is -0.445 e. The molecule has 0 aliphatic carbocycles. The van der Waals surface area contributed by atoms with Crippen molar-refractivity contribution in [1.29, 1.82) is 0 Å². The van der Waals surface area contributed by atoms with Crippen LogP contribution in [0.4, 0.5) is 0 Å². The Hall–Kier alpha value is -0.920. The molecule has 0 saturated heterocycles. The molecule has 0 bridgehead atoms. The third-order valence-corrected chi connectivity index (χ3v) is 3.36. The molecule has 0 unspecified atom stereocenters. The predicted octanol–water partition coefficient (Wildman–Crippen LogP) is 0.400. The summed E-state index contributed by atoms with van der Waals surface area (Å²) in [5, 5.41) is 3.05. The van der Waals surface area contributed by atoms with Crippen molar-refractivity contribution in [2.24, 2.45) is 0 Å². The molecule has 1 aromatic rings. The molecule has 1 heterocycles. The summed E-state index contributed by atoms with van der Waals surface area (Å²) in [5.74, 6) is 1.09. The molecule has 7 heteroatoms. The first-order chi connectivity index (χ1) is 7.89. The van der Waals surface area contributed by atoms with Crippen LogP contribution in [0.2, 0.25) is 0 Å². The fourth-order valence-corrected chi connectivity index (χ4v) is 2.08. The zero-order chi connectivity index (χ0) is 12.9. The van der Waals surface area contributed by atoms with E-state index in [0.29, 0.717) is 18.2 Å². The molecular formula is C10H19N3O3S. The van der Waals surface area contributed by atoms with Crippen molar-refractivity contribution in [3.63, 3.8) is 0 Å². The number of aryl methyl sites for hydroxylation is 1. The van der Waals surface area contributed by atoms with Gasteiger partial charge in [-0.2, -0.15) is 0 Å². The van der Waals surface area contributed by atoms with Gasteiger partial charge in [-0.05, 0) is 6.92 Å². The number of nitrogens with zero attached hydrogens (tertiary/aromatic N) is 1. The van der Waals surface area contributed by atoms with Crippen LogP contribution in [0, 0.1) is 6.92 Å². The summed E-state index contributed by atoms with van der Waals surface area (Å²) in [6, 6.07) is 0.277. The Labute approximate surface area is 102 Å². The Morgan fingerprint density at radius 2 is 2.18 bits per heavy atom. The van der Waals surface area contributed by atoms with Crippen LogP contribution in [-0.2, 0) is 16.6 Å². The van der Waals surface area contributed by atoms with Crippen LogP contribution in [0.15, 0.2) is 10.6 Å². The second-order valence-corrected chi connectivity index (χ2v) is 6.04. The van der Waals surface area contributed by atoms with Crippen molar-refractivity contribution in [1.82, 2.24) is 15.0 Å². The third-order valence-electron chi connectivity index (χ3n) is 2.04. The number of hydrogen-bond acceptors (Lipinski definition) is 5. The molecule has 1 aromatic heterocycles. The number of sulfonamides is 1. The largest absolute Gasteiger partial charge is 0.445 e. The molecule has 1 rings (SSSR count). The minimum absolute atomic E-state index is 0.0465.